The number of ether oxygens (including phenoxy) is 1. The van der Waals surface area contributed by atoms with Crippen molar-refractivity contribution in [3.63, 3.8) is 0 Å². The number of piperidine rings is 1. The van der Waals surface area contributed by atoms with Crippen LogP contribution in [0.25, 0.3) is 0 Å². The Morgan fingerprint density at radius 2 is 1.79 bits per heavy atom. The second kappa shape index (κ2) is 9.29. The average molecular weight is 451 g/mol. The molecule has 7 nitrogen and oxygen atoms in total. The van der Waals surface area contributed by atoms with Crippen molar-refractivity contribution >= 4 is 11.8 Å². The predicted octanol–water partition coefficient (Wildman–Crippen LogP) is 2.87. The van der Waals surface area contributed by atoms with Gasteiger partial charge in [0.2, 0.25) is 5.91 Å². The van der Waals surface area contributed by atoms with E-state index in [0.717, 1.165) is 56.5 Å². The molecule has 7 heteroatoms. The lowest BCUT2D eigenvalue weighted by Crippen LogP contribution is -2.41. The first-order valence-electron chi connectivity index (χ1n) is 12.3. The highest BCUT2D eigenvalue weighted by Crippen LogP contribution is 2.32. The maximum absolute atomic E-state index is 13.2. The minimum Gasteiger partial charge on any atom is -0.378 e. The summed E-state index contributed by atoms with van der Waals surface area (Å²) >= 11 is 0. The van der Waals surface area contributed by atoms with E-state index < -0.39 is 0 Å². The average Bonchev–Trinajstić information content (AvgIpc) is 3.45. The minimum atomic E-state index is -0.0167. The Labute approximate surface area is 195 Å². The SMILES string of the molecule is Cc1cccc(C2CCN(C(=O)Cn3nc(C(=O)N4CCOCC4)c4c3CCC4)CC2)c1C. The molecule has 2 fully saturated rings. The lowest BCUT2D eigenvalue weighted by molar-refractivity contribution is -0.133. The number of fused-ring (bicyclic) bond motifs is 1. The Kier molecular flexibility index (Phi) is 6.23. The molecule has 3 aliphatic rings. The third kappa shape index (κ3) is 4.31. The van der Waals surface area contributed by atoms with Crippen LogP contribution >= 0.6 is 0 Å². The van der Waals surface area contributed by atoms with Gasteiger partial charge in [0.15, 0.2) is 5.69 Å². The molecule has 0 saturated carbocycles. The fourth-order valence-electron chi connectivity index (χ4n) is 5.61. The van der Waals surface area contributed by atoms with Crippen LogP contribution in [0.15, 0.2) is 18.2 Å². The van der Waals surface area contributed by atoms with Gasteiger partial charge in [-0.3, -0.25) is 14.3 Å². The van der Waals surface area contributed by atoms with Gasteiger partial charge in [0.25, 0.3) is 5.91 Å². The second-order valence-electron chi connectivity index (χ2n) is 9.63. The van der Waals surface area contributed by atoms with Crippen LogP contribution < -0.4 is 0 Å². The molecule has 2 saturated heterocycles. The van der Waals surface area contributed by atoms with Crippen molar-refractivity contribution in [2.75, 3.05) is 39.4 Å². The zero-order valence-electron chi connectivity index (χ0n) is 19.8. The normalized spacial score (nSPS) is 19.1. The molecule has 0 bridgehead atoms. The number of aryl methyl sites for hydroxylation is 1. The van der Waals surface area contributed by atoms with Gasteiger partial charge >= 0.3 is 0 Å². The zero-order valence-corrected chi connectivity index (χ0v) is 19.8. The van der Waals surface area contributed by atoms with E-state index in [1.165, 1.54) is 16.7 Å². The fourth-order valence-corrected chi connectivity index (χ4v) is 5.61. The molecule has 0 spiro atoms. The summed E-state index contributed by atoms with van der Waals surface area (Å²) in [6.45, 7) is 8.51. The first-order valence-corrected chi connectivity index (χ1v) is 12.3. The number of hydrogen-bond donors (Lipinski definition) is 0. The summed E-state index contributed by atoms with van der Waals surface area (Å²) in [6, 6.07) is 6.55. The number of carbonyl (C=O) groups excluding carboxylic acids is 2. The van der Waals surface area contributed by atoms with Crippen LogP contribution in [0.3, 0.4) is 0 Å². The van der Waals surface area contributed by atoms with Crippen LogP contribution in [-0.2, 0) is 28.9 Å². The number of likely N-dealkylation sites (tertiary alicyclic amines) is 1. The van der Waals surface area contributed by atoms with E-state index in [0.29, 0.717) is 37.9 Å². The molecule has 1 aromatic carbocycles. The molecular formula is C26H34N4O3. The van der Waals surface area contributed by atoms with E-state index in [4.69, 9.17) is 4.74 Å². The molecule has 5 rings (SSSR count). The quantitative estimate of drug-likeness (QED) is 0.718. The van der Waals surface area contributed by atoms with E-state index in [-0.39, 0.29) is 18.4 Å². The molecule has 33 heavy (non-hydrogen) atoms. The monoisotopic (exact) mass is 450 g/mol. The van der Waals surface area contributed by atoms with Crippen molar-refractivity contribution in [2.24, 2.45) is 0 Å². The second-order valence-corrected chi connectivity index (χ2v) is 9.63. The number of hydrogen-bond acceptors (Lipinski definition) is 4. The molecule has 1 aromatic heterocycles. The Balaban J connectivity index is 1.25. The van der Waals surface area contributed by atoms with Crippen molar-refractivity contribution in [1.82, 2.24) is 19.6 Å². The minimum absolute atomic E-state index is 0.0167. The Bertz CT molecular complexity index is 1050. The number of morpholine rings is 1. The lowest BCUT2D eigenvalue weighted by atomic mass is 9.85. The maximum Gasteiger partial charge on any atom is 0.274 e. The van der Waals surface area contributed by atoms with Crippen molar-refractivity contribution in [3.8, 4) is 0 Å². The smallest absolute Gasteiger partial charge is 0.274 e. The molecule has 1 aliphatic carbocycles. The van der Waals surface area contributed by atoms with Crippen LogP contribution in [0.5, 0.6) is 0 Å². The lowest BCUT2D eigenvalue weighted by Gasteiger charge is -2.33. The Morgan fingerprint density at radius 1 is 1.03 bits per heavy atom. The van der Waals surface area contributed by atoms with Crippen LogP contribution in [0, 0.1) is 13.8 Å². The summed E-state index contributed by atoms with van der Waals surface area (Å²) < 4.78 is 7.20. The molecule has 0 atom stereocenters. The highest BCUT2D eigenvalue weighted by atomic mass is 16.5. The van der Waals surface area contributed by atoms with Gasteiger partial charge in [0, 0.05) is 37.4 Å². The van der Waals surface area contributed by atoms with Crippen LogP contribution in [-0.4, -0.2) is 70.8 Å². The van der Waals surface area contributed by atoms with Gasteiger partial charge in [0.05, 0.1) is 13.2 Å². The standard InChI is InChI=1S/C26H34N4O3/c1-18-5-3-6-21(19(18)2)20-9-11-28(12-10-20)24(31)17-30-23-8-4-7-22(23)25(27-30)26(32)29-13-15-33-16-14-29/h3,5-6,20H,4,7-17H2,1-2H3. The first-order chi connectivity index (χ1) is 16.0. The summed E-state index contributed by atoms with van der Waals surface area (Å²) in [5, 5.41) is 4.66. The number of aromatic nitrogens is 2. The van der Waals surface area contributed by atoms with Crippen LogP contribution in [0.1, 0.15) is 63.6 Å². The number of amides is 2. The van der Waals surface area contributed by atoms with E-state index >= 15 is 0 Å². The van der Waals surface area contributed by atoms with Gasteiger partial charge in [-0.25, -0.2) is 0 Å². The van der Waals surface area contributed by atoms with Gasteiger partial charge in [-0.2, -0.15) is 5.10 Å². The van der Waals surface area contributed by atoms with E-state index in [2.05, 4.69) is 37.1 Å². The predicted molar refractivity (Wildman–Crippen MR) is 125 cm³/mol. The molecule has 0 N–H and O–H groups in total. The number of nitrogens with zero attached hydrogens (tertiary/aromatic N) is 4. The number of carbonyl (C=O) groups is 2. The molecule has 3 heterocycles. The fraction of sp³-hybridized carbons (Fsp3) is 0.577. The molecule has 0 radical (unpaired) electrons. The Morgan fingerprint density at radius 3 is 2.55 bits per heavy atom. The van der Waals surface area contributed by atoms with Crippen LogP contribution in [0.4, 0.5) is 0 Å². The summed E-state index contributed by atoms with van der Waals surface area (Å²) in [7, 11) is 0. The summed E-state index contributed by atoms with van der Waals surface area (Å²) in [5.74, 6) is 0.606. The largest absolute Gasteiger partial charge is 0.378 e. The molecule has 2 aromatic rings. The third-order valence-corrected chi connectivity index (χ3v) is 7.73. The van der Waals surface area contributed by atoms with Crippen molar-refractivity contribution < 1.29 is 14.3 Å². The third-order valence-electron chi connectivity index (χ3n) is 7.73. The topological polar surface area (TPSA) is 67.7 Å². The van der Waals surface area contributed by atoms with Gasteiger partial charge in [-0.15, -0.1) is 0 Å². The molecule has 2 amide bonds. The van der Waals surface area contributed by atoms with Crippen LogP contribution in [0.2, 0.25) is 0 Å². The molecular weight excluding hydrogens is 416 g/mol. The summed E-state index contributed by atoms with van der Waals surface area (Å²) in [5.41, 5.74) is 6.81. The molecule has 0 unspecified atom stereocenters. The molecule has 2 aliphatic heterocycles. The van der Waals surface area contributed by atoms with Crippen molar-refractivity contribution in [2.45, 2.75) is 58.4 Å². The van der Waals surface area contributed by atoms with E-state index in [1.807, 2.05) is 14.5 Å². The summed E-state index contributed by atoms with van der Waals surface area (Å²) in [4.78, 5) is 30.1. The van der Waals surface area contributed by atoms with Gasteiger partial charge in [-0.1, -0.05) is 18.2 Å². The van der Waals surface area contributed by atoms with Crippen molar-refractivity contribution in [1.29, 1.82) is 0 Å². The van der Waals surface area contributed by atoms with Gasteiger partial charge < -0.3 is 14.5 Å². The van der Waals surface area contributed by atoms with E-state index in [9.17, 15) is 9.59 Å². The summed E-state index contributed by atoms with van der Waals surface area (Å²) in [6.07, 6.45) is 4.77. The van der Waals surface area contributed by atoms with Gasteiger partial charge in [-0.05, 0) is 68.6 Å². The van der Waals surface area contributed by atoms with Crippen molar-refractivity contribution in [3.05, 3.63) is 51.8 Å². The maximum atomic E-state index is 13.2. The molecule has 176 valence electrons. The van der Waals surface area contributed by atoms with E-state index in [1.54, 1.807) is 0 Å². The first kappa shape index (κ1) is 22.1. The Hall–Kier alpha value is -2.67. The zero-order chi connectivity index (χ0) is 22.9. The highest BCUT2D eigenvalue weighted by Gasteiger charge is 2.31. The highest BCUT2D eigenvalue weighted by molar-refractivity contribution is 5.94. The number of rotatable bonds is 4. The number of benzene rings is 1. The van der Waals surface area contributed by atoms with Gasteiger partial charge in [0.1, 0.15) is 6.54 Å².